The number of hydrogen-bond acceptors (Lipinski definition) is 2. The van der Waals surface area contributed by atoms with Crippen molar-refractivity contribution in [2.75, 3.05) is 0 Å². The predicted molar refractivity (Wildman–Crippen MR) is 215 cm³/mol. The van der Waals surface area contributed by atoms with Crippen molar-refractivity contribution >= 4 is 85.8 Å². The molecule has 0 saturated carbocycles. The Labute approximate surface area is 292 Å². The molecule has 9 aromatic carbocycles. The standard InChI is InChI=1S/C48H28OS/c1-2-11-30-26-34(21-20-29(30)10-1)46-38-16-5-3-14-36(38)45(37-15-4-6-17-39(37)46)33-13-9-12-31(27-33)32-22-23-35-40-24-25-44-47(48(40)49-42(35)28-32)41-18-7-8-19-43(41)50-44/h1-28H. The maximum Gasteiger partial charge on any atom is 0.144 e. The Balaban J connectivity index is 1.10. The van der Waals surface area contributed by atoms with Gasteiger partial charge in [0.05, 0.1) is 0 Å². The van der Waals surface area contributed by atoms with Crippen molar-refractivity contribution in [3.63, 3.8) is 0 Å². The molecule has 11 aromatic rings. The summed E-state index contributed by atoms with van der Waals surface area (Å²) in [7, 11) is 0. The zero-order valence-corrected chi connectivity index (χ0v) is 27.8. The minimum absolute atomic E-state index is 0.918. The van der Waals surface area contributed by atoms with Gasteiger partial charge >= 0.3 is 0 Å². The lowest BCUT2D eigenvalue weighted by atomic mass is 9.85. The van der Waals surface area contributed by atoms with E-state index in [4.69, 9.17) is 4.42 Å². The smallest absolute Gasteiger partial charge is 0.144 e. The van der Waals surface area contributed by atoms with Crippen molar-refractivity contribution in [3.05, 3.63) is 170 Å². The highest BCUT2D eigenvalue weighted by molar-refractivity contribution is 7.26. The average molecular weight is 653 g/mol. The van der Waals surface area contributed by atoms with Gasteiger partial charge < -0.3 is 4.42 Å². The minimum Gasteiger partial charge on any atom is -0.455 e. The highest BCUT2D eigenvalue weighted by atomic mass is 32.1. The third kappa shape index (κ3) is 4.06. The van der Waals surface area contributed by atoms with Crippen LogP contribution in [0.5, 0.6) is 0 Å². The summed E-state index contributed by atoms with van der Waals surface area (Å²) in [5.41, 5.74) is 9.20. The second-order valence-corrected chi connectivity index (χ2v) is 14.3. The number of furan rings is 1. The van der Waals surface area contributed by atoms with E-state index in [9.17, 15) is 0 Å². The Bertz CT molecular complexity index is 3100. The van der Waals surface area contributed by atoms with Gasteiger partial charge in [0.25, 0.3) is 0 Å². The number of fused-ring (bicyclic) bond motifs is 10. The van der Waals surface area contributed by atoms with Crippen LogP contribution in [0.25, 0.3) is 108 Å². The van der Waals surface area contributed by atoms with Gasteiger partial charge in [-0.2, -0.15) is 0 Å². The molecule has 1 nitrogen and oxygen atoms in total. The number of hydrogen-bond donors (Lipinski definition) is 0. The van der Waals surface area contributed by atoms with Crippen molar-refractivity contribution in [2.24, 2.45) is 0 Å². The summed E-state index contributed by atoms with van der Waals surface area (Å²) in [5.74, 6) is 0. The quantitative estimate of drug-likeness (QED) is 0.173. The molecule has 0 fully saturated rings. The van der Waals surface area contributed by atoms with Crippen molar-refractivity contribution in [1.29, 1.82) is 0 Å². The molecular weight excluding hydrogens is 625 g/mol. The van der Waals surface area contributed by atoms with E-state index < -0.39 is 0 Å². The molecule has 0 aliphatic carbocycles. The van der Waals surface area contributed by atoms with Gasteiger partial charge in [-0.25, -0.2) is 0 Å². The fourth-order valence-corrected chi connectivity index (χ4v) is 9.28. The summed E-state index contributed by atoms with van der Waals surface area (Å²) in [4.78, 5) is 0. The first-order valence-corrected chi connectivity index (χ1v) is 17.9. The third-order valence-corrected chi connectivity index (χ3v) is 11.6. The van der Waals surface area contributed by atoms with Crippen LogP contribution in [0, 0.1) is 0 Å². The normalized spacial score (nSPS) is 12.0. The zero-order valence-electron chi connectivity index (χ0n) is 27.0. The van der Waals surface area contributed by atoms with Crippen molar-refractivity contribution in [1.82, 2.24) is 0 Å². The summed E-state index contributed by atoms with van der Waals surface area (Å²) in [6.45, 7) is 0. The Hall–Kier alpha value is -6.22. The largest absolute Gasteiger partial charge is 0.455 e. The lowest BCUT2D eigenvalue weighted by molar-refractivity contribution is 0.673. The molecule has 0 saturated heterocycles. The molecule has 0 N–H and O–H groups in total. The maximum atomic E-state index is 6.71. The SMILES string of the molecule is c1cc(-c2ccc3c(c2)oc2c3ccc3sc4ccccc4c32)cc(-c2c3ccccc3c(-c3ccc4ccccc4c3)c3ccccc23)c1. The summed E-state index contributed by atoms with van der Waals surface area (Å²) < 4.78 is 9.26. The molecule has 0 atom stereocenters. The van der Waals surface area contributed by atoms with E-state index in [1.54, 1.807) is 0 Å². The molecule has 2 heteroatoms. The molecule has 0 aliphatic rings. The van der Waals surface area contributed by atoms with Gasteiger partial charge in [0.2, 0.25) is 0 Å². The lowest BCUT2D eigenvalue weighted by Crippen LogP contribution is -1.91. The summed E-state index contributed by atoms with van der Waals surface area (Å²) in [6.07, 6.45) is 0. The molecule has 11 rings (SSSR count). The van der Waals surface area contributed by atoms with E-state index in [1.807, 2.05) is 11.3 Å². The molecule has 0 spiro atoms. The van der Waals surface area contributed by atoms with Gasteiger partial charge in [-0.1, -0.05) is 127 Å². The first-order chi connectivity index (χ1) is 24.8. The highest BCUT2D eigenvalue weighted by Crippen LogP contribution is 2.46. The van der Waals surface area contributed by atoms with E-state index in [0.29, 0.717) is 0 Å². The van der Waals surface area contributed by atoms with Crippen LogP contribution in [-0.2, 0) is 0 Å². The minimum atomic E-state index is 0.918. The van der Waals surface area contributed by atoms with Crippen LogP contribution in [0.1, 0.15) is 0 Å². The van der Waals surface area contributed by atoms with E-state index in [0.717, 1.165) is 22.1 Å². The monoisotopic (exact) mass is 652 g/mol. The second-order valence-electron chi connectivity index (χ2n) is 13.2. The van der Waals surface area contributed by atoms with Crippen LogP contribution in [0.3, 0.4) is 0 Å². The summed E-state index contributed by atoms with van der Waals surface area (Å²) >= 11 is 1.83. The number of thiophene rings is 1. The summed E-state index contributed by atoms with van der Waals surface area (Å²) in [5, 5.41) is 12.3. The van der Waals surface area contributed by atoms with E-state index >= 15 is 0 Å². The van der Waals surface area contributed by atoms with Gasteiger partial charge in [-0.15, -0.1) is 11.3 Å². The first-order valence-electron chi connectivity index (χ1n) is 17.1. The number of benzene rings is 9. The van der Waals surface area contributed by atoms with E-state index in [1.165, 1.54) is 85.7 Å². The maximum absolute atomic E-state index is 6.71. The van der Waals surface area contributed by atoms with Crippen LogP contribution < -0.4 is 0 Å². The third-order valence-electron chi connectivity index (χ3n) is 10.4. The van der Waals surface area contributed by atoms with Crippen molar-refractivity contribution < 1.29 is 4.42 Å². The molecule has 0 amide bonds. The average Bonchev–Trinajstić information content (AvgIpc) is 3.74. The first kappa shape index (κ1) is 27.7. The van der Waals surface area contributed by atoms with Crippen LogP contribution in [0.4, 0.5) is 0 Å². The van der Waals surface area contributed by atoms with Gasteiger partial charge in [0, 0.05) is 30.9 Å². The van der Waals surface area contributed by atoms with Crippen LogP contribution >= 0.6 is 11.3 Å². The summed E-state index contributed by atoms with van der Waals surface area (Å²) in [6, 6.07) is 62.0. The number of rotatable bonds is 3. The lowest BCUT2D eigenvalue weighted by Gasteiger charge is -2.18. The van der Waals surface area contributed by atoms with Gasteiger partial charge in [-0.05, 0) is 108 Å². The molecule has 0 radical (unpaired) electrons. The second kappa shape index (κ2) is 10.6. The van der Waals surface area contributed by atoms with Gasteiger partial charge in [-0.3, -0.25) is 0 Å². The Morgan fingerprint density at radius 1 is 0.340 bits per heavy atom. The van der Waals surface area contributed by atoms with Gasteiger partial charge in [0.15, 0.2) is 0 Å². The van der Waals surface area contributed by atoms with Crippen molar-refractivity contribution in [3.8, 4) is 33.4 Å². The topological polar surface area (TPSA) is 13.1 Å². The Kier molecular flexibility index (Phi) is 5.89. The highest BCUT2D eigenvalue weighted by Gasteiger charge is 2.18. The van der Waals surface area contributed by atoms with Crippen LogP contribution in [0.15, 0.2) is 174 Å². The Morgan fingerprint density at radius 3 is 1.68 bits per heavy atom. The predicted octanol–water partition coefficient (Wildman–Crippen LogP) is 14.4. The van der Waals surface area contributed by atoms with E-state index in [2.05, 4.69) is 170 Å². The van der Waals surface area contributed by atoms with Crippen molar-refractivity contribution in [2.45, 2.75) is 0 Å². The molecular formula is C48H28OS. The molecule has 2 heterocycles. The van der Waals surface area contributed by atoms with Gasteiger partial charge in [0.1, 0.15) is 11.2 Å². The van der Waals surface area contributed by atoms with Crippen LogP contribution in [-0.4, -0.2) is 0 Å². The fourth-order valence-electron chi connectivity index (χ4n) is 8.17. The molecule has 2 aromatic heterocycles. The van der Waals surface area contributed by atoms with E-state index in [-0.39, 0.29) is 0 Å². The molecule has 232 valence electrons. The van der Waals surface area contributed by atoms with Crippen LogP contribution in [0.2, 0.25) is 0 Å². The molecule has 50 heavy (non-hydrogen) atoms. The Morgan fingerprint density at radius 2 is 0.920 bits per heavy atom. The molecule has 0 aliphatic heterocycles. The zero-order chi connectivity index (χ0) is 32.8. The fraction of sp³-hybridized carbons (Fsp3) is 0. The molecule has 0 unspecified atom stereocenters. The molecule has 0 bridgehead atoms.